The van der Waals surface area contributed by atoms with Gasteiger partial charge in [-0.05, 0) is 41.9 Å². The molecule has 0 aliphatic rings. The van der Waals surface area contributed by atoms with E-state index < -0.39 is 0 Å². The van der Waals surface area contributed by atoms with Crippen LogP contribution >= 0.6 is 0 Å². The molecule has 0 saturated carbocycles. The standard InChI is InChI=1S/C17H36/c1-9-10-11-15(17(6,7)8)14(2)12-13-16(3,4)5/h14-15H,9-13H2,1-8H3. The molecule has 0 aromatic heterocycles. The highest BCUT2D eigenvalue weighted by atomic mass is 14.3. The summed E-state index contributed by atoms with van der Waals surface area (Å²) in [5.41, 5.74) is 0.952. The Morgan fingerprint density at radius 3 is 1.76 bits per heavy atom. The third-order valence-electron chi connectivity index (χ3n) is 4.02. The molecule has 0 nitrogen and oxygen atoms in total. The van der Waals surface area contributed by atoms with Crippen molar-refractivity contribution in [3.8, 4) is 0 Å². The van der Waals surface area contributed by atoms with Crippen molar-refractivity contribution in [2.45, 2.75) is 87.5 Å². The Morgan fingerprint density at radius 2 is 1.41 bits per heavy atom. The van der Waals surface area contributed by atoms with E-state index in [2.05, 4.69) is 55.4 Å². The van der Waals surface area contributed by atoms with Crippen LogP contribution < -0.4 is 0 Å². The maximum Gasteiger partial charge on any atom is -0.0340 e. The lowest BCUT2D eigenvalue weighted by Crippen LogP contribution is -2.27. The summed E-state index contributed by atoms with van der Waals surface area (Å²) in [5.74, 6) is 1.74. The van der Waals surface area contributed by atoms with Crippen LogP contribution in [0.15, 0.2) is 0 Å². The summed E-state index contributed by atoms with van der Waals surface area (Å²) in [6, 6.07) is 0. The van der Waals surface area contributed by atoms with Gasteiger partial charge < -0.3 is 0 Å². The smallest absolute Gasteiger partial charge is 0.0340 e. The van der Waals surface area contributed by atoms with Gasteiger partial charge in [-0.15, -0.1) is 0 Å². The highest BCUT2D eigenvalue weighted by molar-refractivity contribution is 4.79. The molecular weight excluding hydrogens is 204 g/mol. The summed E-state index contributed by atoms with van der Waals surface area (Å²) in [5, 5.41) is 0. The first kappa shape index (κ1) is 17.0. The van der Waals surface area contributed by atoms with Crippen LogP contribution in [0.5, 0.6) is 0 Å². The van der Waals surface area contributed by atoms with Gasteiger partial charge in [-0.25, -0.2) is 0 Å². The van der Waals surface area contributed by atoms with Gasteiger partial charge in [-0.2, -0.15) is 0 Å². The molecule has 0 aromatic rings. The monoisotopic (exact) mass is 240 g/mol. The van der Waals surface area contributed by atoms with Crippen molar-refractivity contribution in [2.75, 3.05) is 0 Å². The van der Waals surface area contributed by atoms with E-state index in [1.54, 1.807) is 0 Å². The fraction of sp³-hybridized carbons (Fsp3) is 1.00. The maximum absolute atomic E-state index is 2.47. The van der Waals surface area contributed by atoms with E-state index in [4.69, 9.17) is 0 Å². The Morgan fingerprint density at radius 1 is 0.882 bits per heavy atom. The van der Waals surface area contributed by atoms with E-state index in [9.17, 15) is 0 Å². The zero-order valence-electron chi connectivity index (χ0n) is 13.7. The maximum atomic E-state index is 2.47. The van der Waals surface area contributed by atoms with E-state index in [0.29, 0.717) is 10.8 Å². The fourth-order valence-corrected chi connectivity index (χ4v) is 2.86. The van der Waals surface area contributed by atoms with Crippen molar-refractivity contribution >= 4 is 0 Å². The first-order chi connectivity index (χ1) is 7.58. The Balaban J connectivity index is 4.38. The minimum absolute atomic E-state index is 0.465. The fourth-order valence-electron chi connectivity index (χ4n) is 2.86. The van der Waals surface area contributed by atoms with E-state index in [1.807, 2.05) is 0 Å². The number of unbranched alkanes of at least 4 members (excludes halogenated alkanes) is 1. The van der Waals surface area contributed by atoms with Crippen molar-refractivity contribution in [2.24, 2.45) is 22.7 Å². The molecule has 0 radical (unpaired) electrons. The Kier molecular flexibility index (Phi) is 6.81. The Hall–Kier alpha value is 0. The van der Waals surface area contributed by atoms with Crippen LogP contribution in [0.2, 0.25) is 0 Å². The molecule has 17 heavy (non-hydrogen) atoms. The summed E-state index contributed by atoms with van der Waals surface area (Å²) < 4.78 is 0. The van der Waals surface area contributed by atoms with E-state index >= 15 is 0 Å². The minimum atomic E-state index is 0.465. The van der Waals surface area contributed by atoms with Gasteiger partial charge in [0, 0.05) is 0 Å². The van der Waals surface area contributed by atoms with Crippen molar-refractivity contribution in [3.63, 3.8) is 0 Å². The molecule has 104 valence electrons. The summed E-state index contributed by atoms with van der Waals surface area (Å²) in [6.07, 6.45) is 6.87. The lowest BCUT2D eigenvalue weighted by atomic mass is 9.69. The number of rotatable bonds is 6. The average molecular weight is 240 g/mol. The van der Waals surface area contributed by atoms with Gasteiger partial charge in [-0.3, -0.25) is 0 Å². The van der Waals surface area contributed by atoms with Crippen molar-refractivity contribution in [3.05, 3.63) is 0 Å². The van der Waals surface area contributed by atoms with Crippen LogP contribution in [-0.2, 0) is 0 Å². The Bertz CT molecular complexity index is 189. The van der Waals surface area contributed by atoms with E-state index in [-0.39, 0.29) is 0 Å². The first-order valence-corrected chi connectivity index (χ1v) is 7.58. The SMILES string of the molecule is CCCCC(C(C)CCC(C)(C)C)C(C)(C)C. The first-order valence-electron chi connectivity index (χ1n) is 7.58. The molecule has 0 fully saturated rings. The molecule has 0 aromatic carbocycles. The molecule has 0 N–H and O–H groups in total. The largest absolute Gasteiger partial charge is 0.0654 e. The second kappa shape index (κ2) is 6.81. The molecule has 0 spiro atoms. The normalized spacial score (nSPS) is 16.9. The minimum Gasteiger partial charge on any atom is -0.0654 e. The average Bonchev–Trinajstić information content (AvgIpc) is 2.12. The number of hydrogen-bond donors (Lipinski definition) is 0. The quantitative estimate of drug-likeness (QED) is 0.511. The third kappa shape index (κ3) is 7.84. The van der Waals surface area contributed by atoms with Gasteiger partial charge in [0.05, 0.1) is 0 Å². The molecule has 0 bridgehead atoms. The summed E-state index contributed by atoms with van der Waals surface area (Å²) in [7, 11) is 0. The molecule has 0 heteroatoms. The molecule has 2 atom stereocenters. The van der Waals surface area contributed by atoms with Crippen LogP contribution in [0.25, 0.3) is 0 Å². The Labute approximate surface area is 111 Å². The lowest BCUT2D eigenvalue weighted by Gasteiger charge is -2.37. The zero-order valence-corrected chi connectivity index (χ0v) is 13.7. The molecule has 0 aliphatic carbocycles. The third-order valence-corrected chi connectivity index (χ3v) is 4.02. The molecule has 0 rings (SSSR count). The van der Waals surface area contributed by atoms with E-state index in [0.717, 1.165) is 11.8 Å². The van der Waals surface area contributed by atoms with Gasteiger partial charge >= 0.3 is 0 Å². The molecule has 0 aliphatic heterocycles. The topological polar surface area (TPSA) is 0 Å². The van der Waals surface area contributed by atoms with Gasteiger partial charge in [-0.1, -0.05) is 68.2 Å². The van der Waals surface area contributed by atoms with Gasteiger partial charge in [0.1, 0.15) is 0 Å². The second-order valence-corrected chi connectivity index (χ2v) is 8.19. The van der Waals surface area contributed by atoms with Crippen molar-refractivity contribution in [1.29, 1.82) is 0 Å². The highest BCUT2D eigenvalue weighted by Gasteiger charge is 2.29. The number of hydrogen-bond acceptors (Lipinski definition) is 0. The molecule has 0 heterocycles. The van der Waals surface area contributed by atoms with Gasteiger partial charge in [0.15, 0.2) is 0 Å². The van der Waals surface area contributed by atoms with Crippen LogP contribution in [0.4, 0.5) is 0 Å². The molecule has 0 amide bonds. The van der Waals surface area contributed by atoms with Gasteiger partial charge in [0.2, 0.25) is 0 Å². The van der Waals surface area contributed by atoms with Crippen LogP contribution in [0.3, 0.4) is 0 Å². The predicted molar refractivity (Wildman–Crippen MR) is 80.3 cm³/mol. The zero-order chi connectivity index (χ0) is 13.7. The summed E-state index contributed by atoms with van der Waals surface area (Å²) >= 11 is 0. The predicted octanol–water partition coefficient (Wildman–Crippen LogP) is 6.30. The van der Waals surface area contributed by atoms with Gasteiger partial charge in [0.25, 0.3) is 0 Å². The van der Waals surface area contributed by atoms with E-state index in [1.165, 1.54) is 32.1 Å². The summed E-state index contributed by atoms with van der Waals surface area (Å²) in [4.78, 5) is 0. The lowest BCUT2D eigenvalue weighted by molar-refractivity contribution is 0.135. The molecule has 2 unspecified atom stereocenters. The van der Waals surface area contributed by atoms with Crippen LogP contribution in [-0.4, -0.2) is 0 Å². The van der Waals surface area contributed by atoms with Crippen LogP contribution in [0, 0.1) is 22.7 Å². The molecule has 0 saturated heterocycles. The highest BCUT2D eigenvalue weighted by Crippen LogP contribution is 2.39. The van der Waals surface area contributed by atoms with Crippen LogP contribution in [0.1, 0.15) is 87.5 Å². The van der Waals surface area contributed by atoms with Crippen molar-refractivity contribution in [1.82, 2.24) is 0 Å². The second-order valence-electron chi connectivity index (χ2n) is 8.19. The molecular formula is C17H36. The summed E-state index contributed by atoms with van der Waals surface area (Å²) in [6.45, 7) is 19.1. The van der Waals surface area contributed by atoms with Crippen molar-refractivity contribution < 1.29 is 0 Å².